The van der Waals surface area contributed by atoms with E-state index in [4.69, 9.17) is 0 Å². The summed E-state index contributed by atoms with van der Waals surface area (Å²) in [5, 5.41) is 32.4. The maximum Gasteiger partial charge on any atom is 0.324 e. The molecule has 0 amide bonds. The van der Waals surface area contributed by atoms with Crippen molar-refractivity contribution in [1.29, 1.82) is 0 Å². The summed E-state index contributed by atoms with van der Waals surface area (Å²) in [5.74, 6) is -1.62. The van der Waals surface area contributed by atoms with Crippen molar-refractivity contribution in [3.63, 3.8) is 0 Å². The van der Waals surface area contributed by atoms with E-state index in [9.17, 15) is 36.9 Å². The fraction of sp³-hybridized carbons (Fsp3) is 0.424. The molecule has 0 radical (unpaired) electrons. The van der Waals surface area contributed by atoms with Crippen LogP contribution in [0.3, 0.4) is 0 Å². The molecule has 1 heterocycles. The highest BCUT2D eigenvalue weighted by Crippen LogP contribution is 2.30. The van der Waals surface area contributed by atoms with E-state index in [-0.39, 0.29) is 37.0 Å². The maximum atomic E-state index is 13.8. The van der Waals surface area contributed by atoms with Crippen molar-refractivity contribution in [2.24, 2.45) is 0 Å². The van der Waals surface area contributed by atoms with Crippen LogP contribution in [0, 0.1) is 0 Å². The van der Waals surface area contributed by atoms with Crippen molar-refractivity contribution in [3.05, 3.63) is 83.9 Å². The summed E-state index contributed by atoms with van der Waals surface area (Å²) in [6.07, 6.45) is 2.85. The van der Waals surface area contributed by atoms with E-state index in [1.165, 1.54) is 16.4 Å². The molecule has 14 heteroatoms. The van der Waals surface area contributed by atoms with Crippen LogP contribution in [0.15, 0.2) is 72.8 Å². The third kappa shape index (κ3) is 9.83. The molecule has 1 aliphatic heterocycles. The number of sulfonamides is 2. The van der Waals surface area contributed by atoms with E-state index in [2.05, 4.69) is 14.9 Å². The van der Waals surface area contributed by atoms with Crippen LogP contribution in [-0.2, 0) is 31.3 Å². The van der Waals surface area contributed by atoms with Gasteiger partial charge in [-0.25, -0.2) is 16.8 Å². The van der Waals surface area contributed by atoms with Crippen molar-refractivity contribution >= 4 is 43.1 Å². The highest BCUT2D eigenvalue weighted by atomic mass is 32.2. The van der Waals surface area contributed by atoms with Gasteiger partial charge in [-0.1, -0.05) is 49.7 Å². The zero-order chi connectivity index (χ0) is 34.2. The van der Waals surface area contributed by atoms with Crippen LogP contribution in [0.4, 0.5) is 17.1 Å². The quantitative estimate of drug-likeness (QED) is 0.140. The lowest BCUT2D eigenvalue weighted by molar-refractivity contribution is -0.136. The lowest BCUT2D eigenvalue weighted by Gasteiger charge is -2.35. The second-order valence-corrected chi connectivity index (χ2v) is 15.6. The van der Waals surface area contributed by atoms with E-state index in [1.807, 2.05) is 19.1 Å². The standard InChI is InChI=1S/C33H44N4O8S2/c1-3-4-18-37(47(44,45)32(33(40)41)21-24-8-6-5-7-9-24)28-13-11-27(12-14-28)36-19-16-26(17-20-36)34-23-31(39)25-10-15-30(38)29(22-25)35-46(2,42)43/h5-15,22,26,31-32,34-35,38-39H,3-4,16-21,23H2,1-2H3,(H,40,41)/t31-,32?/m1/s1. The Morgan fingerprint density at radius 1 is 1.00 bits per heavy atom. The highest BCUT2D eigenvalue weighted by Gasteiger charge is 2.38. The van der Waals surface area contributed by atoms with Gasteiger partial charge in [0.25, 0.3) is 0 Å². The number of aliphatic hydroxyl groups excluding tert-OH is 1. The van der Waals surface area contributed by atoms with Crippen LogP contribution in [0.2, 0.25) is 0 Å². The van der Waals surface area contributed by atoms with E-state index in [1.54, 1.807) is 48.5 Å². The third-order valence-electron chi connectivity index (χ3n) is 8.22. The molecule has 1 unspecified atom stereocenters. The number of unbranched alkanes of at least 4 members (excludes halogenated alkanes) is 1. The van der Waals surface area contributed by atoms with Crippen LogP contribution in [-0.4, -0.2) is 81.9 Å². The monoisotopic (exact) mass is 688 g/mol. The number of phenols is 1. The minimum Gasteiger partial charge on any atom is -0.506 e. The zero-order valence-corrected chi connectivity index (χ0v) is 28.3. The van der Waals surface area contributed by atoms with Gasteiger partial charge in [0.05, 0.1) is 23.7 Å². The summed E-state index contributed by atoms with van der Waals surface area (Å²) in [7, 11) is -7.83. The molecule has 0 aromatic heterocycles. The summed E-state index contributed by atoms with van der Waals surface area (Å²) in [6.45, 7) is 3.83. The first-order chi connectivity index (χ1) is 22.3. The number of hydrogen-bond acceptors (Lipinski definition) is 9. The Hall–Kier alpha value is -3.85. The molecule has 4 rings (SSSR count). The molecule has 256 valence electrons. The first-order valence-electron chi connectivity index (χ1n) is 15.6. The van der Waals surface area contributed by atoms with Crippen molar-refractivity contribution in [3.8, 4) is 5.75 Å². The Balaban J connectivity index is 1.37. The van der Waals surface area contributed by atoms with Crippen molar-refractivity contribution in [2.45, 2.75) is 56.4 Å². The number of aromatic hydroxyl groups is 1. The van der Waals surface area contributed by atoms with Crippen LogP contribution in [0.1, 0.15) is 49.8 Å². The van der Waals surface area contributed by atoms with Gasteiger partial charge in [0, 0.05) is 44.3 Å². The third-order valence-corrected chi connectivity index (χ3v) is 10.9. The number of rotatable bonds is 16. The number of nitrogens with zero attached hydrogens (tertiary/aromatic N) is 2. The van der Waals surface area contributed by atoms with E-state index in [0.29, 0.717) is 23.2 Å². The Morgan fingerprint density at radius 2 is 1.66 bits per heavy atom. The molecule has 3 aromatic carbocycles. The number of nitrogens with one attached hydrogen (secondary N) is 2. The van der Waals surface area contributed by atoms with Crippen LogP contribution in [0.25, 0.3) is 0 Å². The van der Waals surface area contributed by atoms with E-state index in [0.717, 1.165) is 44.3 Å². The zero-order valence-electron chi connectivity index (χ0n) is 26.6. The van der Waals surface area contributed by atoms with Gasteiger partial charge < -0.3 is 25.5 Å². The summed E-state index contributed by atoms with van der Waals surface area (Å²) in [5.41, 5.74) is 2.45. The molecule has 0 aliphatic carbocycles. The number of aliphatic carboxylic acids is 1. The summed E-state index contributed by atoms with van der Waals surface area (Å²) in [4.78, 5) is 14.4. The average molecular weight is 689 g/mol. The van der Waals surface area contributed by atoms with Gasteiger partial charge in [-0.3, -0.25) is 13.8 Å². The number of piperidine rings is 1. The predicted molar refractivity (Wildman–Crippen MR) is 184 cm³/mol. The largest absolute Gasteiger partial charge is 0.506 e. The number of carboxylic acid groups (broad SMARTS) is 1. The molecular formula is C33H44N4O8S2. The number of benzene rings is 3. The Kier molecular flexibility index (Phi) is 12.1. The van der Waals surface area contributed by atoms with E-state index >= 15 is 0 Å². The summed E-state index contributed by atoms with van der Waals surface area (Å²) in [6, 6.07) is 20.4. The predicted octanol–water partition coefficient (Wildman–Crippen LogP) is 3.69. The molecule has 5 N–H and O–H groups in total. The van der Waals surface area contributed by atoms with Crippen LogP contribution in [0.5, 0.6) is 5.75 Å². The van der Waals surface area contributed by atoms with Gasteiger partial charge >= 0.3 is 5.97 Å². The number of carbonyl (C=O) groups is 1. The molecule has 1 fully saturated rings. The molecule has 47 heavy (non-hydrogen) atoms. The second kappa shape index (κ2) is 15.8. The lowest BCUT2D eigenvalue weighted by atomic mass is 10.0. The van der Waals surface area contributed by atoms with Gasteiger partial charge in [0.15, 0.2) is 5.25 Å². The number of aliphatic hydroxyl groups is 1. The molecule has 1 saturated heterocycles. The minimum atomic E-state index is -4.23. The summed E-state index contributed by atoms with van der Waals surface area (Å²) >= 11 is 0. The Bertz CT molecular complexity index is 1700. The van der Waals surface area contributed by atoms with Gasteiger partial charge in [-0.2, -0.15) is 0 Å². The van der Waals surface area contributed by atoms with Crippen molar-refractivity contribution in [1.82, 2.24) is 5.32 Å². The van der Waals surface area contributed by atoms with Crippen LogP contribution < -0.4 is 19.2 Å². The molecule has 3 aromatic rings. The Labute approximate surface area is 277 Å². The smallest absolute Gasteiger partial charge is 0.324 e. The minimum absolute atomic E-state index is 0.00310. The van der Waals surface area contributed by atoms with E-state index < -0.39 is 37.4 Å². The topological polar surface area (TPSA) is 177 Å². The van der Waals surface area contributed by atoms with Gasteiger partial charge in [0.1, 0.15) is 5.75 Å². The number of hydrogen-bond donors (Lipinski definition) is 5. The fourth-order valence-electron chi connectivity index (χ4n) is 5.62. The first kappa shape index (κ1) is 36.0. The number of phenolic OH excluding ortho intramolecular Hbond substituents is 1. The van der Waals surface area contributed by atoms with Crippen LogP contribution >= 0.6 is 0 Å². The van der Waals surface area contributed by atoms with Crippen molar-refractivity contribution < 1.29 is 36.9 Å². The molecule has 12 nitrogen and oxygen atoms in total. The number of anilines is 3. The first-order valence-corrected chi connectivity index (χ1v) is 19.0. The Morgan fingerprint density at radius 3 is 2.26 bits per heavy atom. The normalized spacial score (nSPS) is 15.6. The summed E-state index contributed by atoms with van der Waals surface area (Å²) < 4.78 is 54.2. The average Bonchev–Trinajstić information content (AvgIpc) is 3.04. The molecule has 0 bridgehead atoms. The van der Waals surface area contributed by atoms with Gasteiger partial charge in [0.2, 0.25) is 20.0 Å². The van der Waals surface area contributed by atoms with Gasteiger partial charge in [-0.05, 0) is 66.8 Å². The molecule has 0 spiro atoms. The van der Waals surface area contributed by atoms with Gasteiger partial charge in [-0.15, -0.1) is 0 Å². The maximum absolute atomic E-state index is 13.8. The SMILES string of the molecule is CCCCN(c1ccc(N2CCC(NC[C@@H](O)c3ccc(O)c(NS(C)(=O)=O)c3)CC2)cc1)S(=O)(=O)C(Cc1ccccc1)C(=O)O. The molecular weight excluding hydrogens is 645 g/mol. The lowest BCUT2D eigenvalue weighted by Crippen LogP contribution is -2.44. The highest BCUT2D eigenvalue weighted by molar-refractivity contribution is 7.94. The van der Waals surface area contributed by atoms with Crippen molar-refractivity contribution in [2.75, 3.05) is 46.4 Å². The number of carboxylic acids is 1. The fourth-order valence-corrected chi connectivity index (χ4v) is 7.94. The molecule has 1 aliphatic rings. The molecule has 0 saturated carbocycles. The second-order valence-electron chi connectivity index (χ2n) is 11.8. The molecule has 2 atom stereocenters.